The molecule has 0 atom stereocenters. The van der Waals surface area contributed by atoms with Crippen LogP contribution in [0.25, 0.3) is 0 Å². The highest BCUT2D eigenvalue weighted by atomic mass is 32.1. The third-order valence-electron chi connectivity index (χ3n) is 3.44. The molecule has 0 radical (unpaired) electrons. The number of thiophene rings is 1. The first-order valence-electron chi connectivity index (χ1n) is 7.61. The number of hydrogen-bond acceptors (Lipinski definition) is 4. The van der Waals surface area contributed by atoms with Crippen molar-refractivity contribution in [3.05, 3.63) is 39.7 Å². The molecule has 0 aliphatic heterocycles. The molecule has 1 amide bonds. The van der Waals surface area contributed by atoms with Crippen LogP contribution in [0, 0.1) is 0 Å². The van der Waals surface area contributed by atoms with Gasteiger partial charge in [0.2, 0.25) is 0 Å². The van der Waals surface area contributed by atoms with Gasteiger partial charge in [0, 0.05) is 19.0 Å². The van der Waals surface area contributed by atoms with Crippen molar-refractivity contribution in [2.45, 2.75) is 33.1 Å². The van der Waals surface area contributed by atoms with Gasteiger partial charge in [-0.3, -0.25) is 4.79 Å². The Labute approximate surface area is 136 Å². The fraction of sp³-hybridized carbons (Fsp3) is 0.412. The lowest BCUT2D eigenvalue weighted by Crippen LogP contribution is -2.12. The number of carbonyl (C=O) groups is 1. The highest BCUT2D eigenvalue weighted by Crippen LogP contribution is 2.25. The summed E-state index contributed by atoms with van der Waals surface area (Å²) in [5, 5.41) is 2.92. The zero-order valence-electron chi connectivity index (χ0n) is 13.6. The van der Waals surface area contributed by atoms with Gasteiger partial charge in [0.05, 0.1) is 16.8 Å². The summed E-state index contributed by atoms with van der Waals surface area (Å²) in [6.45, 7) is 4.30. The normalized spacial score (nSPS) is 10.5. The maximum atomic E-state index is 12.4. The van der Waals surface area contributed by atoms with E-state index in [9.17, 15) is 4.79 Å². The topological polar surface area (TPSA) is 45.2 Å². The van der Waals surface area contributed by atoms with Crippen LogP contribution in [0.3, 0.4) is 0 Å². The first kappa shape index (κ1) is 16.5. The van der Waals surface area contributed by atoms with E-state index in [1.807, 2.05) is 37.2 Å². The third kappa shape index (κ3) is 3.85. The molecule has 4 nitrogen and oxygen atoms in total. The number of pyridine rings is 1. The van der Waals surface area contributed by atoms with Gasteiger partial charge in [-0.15, -0.1) is 11.3 Å². The van der Waals surface area contributed by atoms with Crippen LogP contribution in [0.1, 0.15) is 40.4 Å². The van der Waals surface area contributed by atoms with Crippen molar-refractivity contribution >= 4 is 28.7 Å². The van der Waals surface area contributed by atoms with Crippen molar-refractivity contribution in [3.8, 4) is 0 Å². The molecular formula is C17H23N3OS. The molecule has 0 aromatic carbocycles. The van der Waals surface area contributed by atoms with Crippen LogP contribution in [0.2, 0.25) is 0 Å². The number of aromatic nitrogens is 1. The first-order valence-corrected chi connectivity index (χ1v) is 8.43. The van der Waals surface area contributed by atoms with Crippen LogP contribution in [0.15, 0.2) is 24.4 Å². The van der Waals surface area contributed by atoms with E-state index in [2.05, 4.69) is 24.1 Å². The standard InChI is InChI=1S/C17H23N3OS/c1-5-7-14-12(6-2)10-15(22-14)17(21)19-13-8-9-16(18-11-13)20(3)4/h8-11H,5-7H2,1-4H3,(H,19,21). The first-order chi connectivity index (χ1) is 10.5. The SMILES string of the molecule is CCCc1sc(C(=O)Nc2ccc(N(C)C)nc2)cc1CC. The Balaban J connectivity index is 2.11. The monoisotopic (exact) mass is 317 g/mol. The summed E-state index contributed by atoms with van der Waals surface area (Å²) < 4.78 is 0. The molecule has 1 N–H and O–H groups in total. The Morgan fingerprint density at radius 2 is 2.09 bits per heavy atom. The number of carbonyl (C=O) groups excluding carboxylic acids is 1. The minimum Gasteiger partial charge on any atom is -0.363 e. The Bertz CT molecular complexity index is 632. The summed E-state index contributed by atoms with van der Waals surface area (Å²) in [5.74, 6) is 0.814. The molecule has 2 rings (SSSR count). The highest BCUT2D eigenvalue weighted by Gasteiger charge is 2.13. The molecule has 0 aliphatic rings. The van der Waals surface area contributed by atoms with Crippen LogP contribution in [0.4, 0.5) is 11.5 Å². The predicted octanol–water partition coefficient (Wildman–Crippen LogP) is 3.98. The van der Waals surface area contributed by atoms with E-state index in [1.165, 1.54) is 10.4 Å². The fourth-order valence-electron chi connectivity index (χ4n) is 2.23. The largest absolute Gasteiger partial charge is 0.363 e. The summed E-state index contributed by atoms with van der Waals surface area (Å²) in [7, 11) is 3.88. The van der Waals surface area contributed by atoms with E-state index in [0.29, 0.717) is 0 Å². The van der Waals surface area contributed by atoms with Gasteiger partial charge < -0.3 is 10.2 Å². The molecular weight excluding hydrogens is 294 g/mol. The third-order valence-corrected chi connectivity index (χ3v) is 4.68. The number of amides is 1. The van der Waals surface area contributed by atoms with Gasteiger partial charge in [-0.1, -0.05) is 20.3 Å². The molecule has 5 heteroatoms. The molecule has 0 spiro atoms. The van der Waals surface area contributed by atoms with Crippen LogP contribution >= 0.6 is 11.3 Å². The summed E-state index contributed by atoms with van der Waals surface area (Å²) in [4.78, 5) is 20.7. The number of aryl methyl sites for hydroxylation is 2. The molecule has 2 aromatic rings. The Hall–Kier alpha value is -1.88. The lowest BCUT2D eigenvalue weighted by molar-refractivity contribution is 0.103. The predicted molar refractivity (Wildman–Crippen MR) is 94.2 cm³/mol. The second kappa shape index (κ2) is 7.40. The Kier molecular flexibility index (Phi) is 5.55. The van der Waals surface area contributed by atoms with Crippen LogP contribution in [0.5, 0.6) is 0 Å². The number of hydrogen-bond donors (Lipinski definition) is 1. The molecule has 0 aliphatic carbocycles. The molecule has 118 valence electrons. The number of nitrogens with zero attached hydrogens (tertiary/aromatic N) is 2. The molecule has 2 aromatic heterocycles. The molecule has 0 fully saturated rings. The van der Waals surface area contributed by atoms with Gasteiger partial charge in [0.15, 0.2) is 0 Å². The second-order valence-corrected chi connectivity index (χ2v) is 6.55. The van der Waals surface area contributed by atoms with Crippen LogP contribution in [-0.4, -0.2) is 25.0 Å². The Morgan fingerprint density at radius 3 is 2.64 bits per heavy atom. The van der Waals surface area contributed by atoms with E-state index in [1.54, 1.807) is 17.5 Å². The lowest BCUT2D eigenvalue weighted by Gasteiger charge is -2.11. The zero-order chi connectivity index (χ0) is 16.1. The molecule has 0 saturated carbocycles. The van der Waals surface area contributed by atoms with E-state index in [4.69, 9.17) is 0 Å². The van der Waals surface area contributed by atoms with Gasteiger partial charge in [-0.2, -0.15) is 0 Å². The van der Waals surface area contributed by atoms with Crippen molar-refractivity contribution in [2.75, 3.05) is 24.3 Å². The van der Waals surface area contributed by atoms with Crippen molar-refractivity contribution in [1.29, 1.82) is 0 Å². The molecule has 0 unspecified atom stereocenters. The smallest absolute Gasteiger partial charge is 0.265 e. The minimum absolute atomic E-state index is 0.0542. The van der Waals surface area contributed by atoms with E-state index < -0.39 is 0 Å². The van der Waals surface area contributed by atoms with Crippen LogP contribution in [-0.2, 0) is 12.8 Å². The van der Waals surface area contributed by atoms with Gasteiger partial charge in [0.25, 0.3) is 5.91 Å². The molecule has 0 bridgehead atoms. The zero-order valence-corrected chi connectivity index (χ0v) is 14.5. The summed E-state index contributed by atoms with van der Waals surface area (Å²) in [6.07, 6.45) is 4.80. The fourth-order valence-corrected chi connectivity index (χ4v) is 3.48. The van der Waals surface area contributed by atoms with Crippen molar-refractivity contribution < 1.29 is 4.79 Å². The maximum Gasteiger partial charge on any atom is 0.265 e. The van der Waals surface area contributed by atoms with Crippen molar-refractivity contribution in [1.82, 2.24) is 4.98 Å². The summed E-state index contributed by atoms with van der Waals surface area (Å²) >= 11 is 1.60. The van der Waals surface area contributed by atoms with Crippen LogP contribution < -0.4 is 10.2 Å². The summed E-state index contributed by atoms with van der Waals surface area (Å²) in [5.41, 5.74) is 2.01. The van der Waals surface area contributed by atoms with Gasteiger partial charge in [-0.05, 0) is 36.6 Å². The maximum absolute atomic E-state index is 12.4. The van der Waals surface area contributed by atoms with E-state index in [0.717, 1.165) is 35.6 Å². The number of nitrogens with one attached hydrogen (secondary N) is 1. The number of rotatable bonds is 6. The van der Waals surface area contributed by atoms with Crippen molar-refractivity contribution in [3.63, 3.8) is 0 Å². The quantitative estimate of drug-likeness (QED) is 0.876. The summed E-state index contributed by atoms with van der Waals surface area (Å²) in [6, 6.07) is 5.79. The second-order valence-electron chi connectivity index (χ2n) is 5.42. The van der Waals surface area contributed by atoms with Gasteiger partial charge >= 0.3 is 0 Å². The highest BCUT2D eigenvalue weighted by molar-refractivity contribution is 7.14. The van der Waals surface area contributed by atoms with E-state index >= 15 is 0 Å². The lowest BCUT2D eigenvalue weighted by atomic mass is 10.1. The van der Waals surface area contributed by atoms with E-state index in [-0.39, 0.29) is 5.91 Å². The molecule has 2 heterocycles. The number of anilines is 2. The molecule has 0 saturated heterocycles. The molecule has 22 heavy (non-hydrogen) atoms. The minimum atomic E-state index is -0.0542. The average molecular weight is 317 g/mol. The van der Waals surface area contributed by atoms with Crippen molar-refractivity contribution in [2.24, 2.45) is 0 Å². The average Bonchev–Trinajstić information content (AvgIpc) is 2.91. The van der Waals surface area contributed by atoms with Gasteiger partial charge in [0.1, 0.15) is 5.82 Å². The Morgan fingerprint density at radius 1 is 1.32 bits per heavy atom. The van der Waals surface area contributed by atoms with Gasteiger partial charge in [-0.25, -0.2) is 4.98 Å².